The van der Waals surface area contributed by atoms with Gasteiger partial charge in [-0.25, -0.2) is 8.42 Å². The maximum Gasteiger partial charge on any atom is 0.154 e. The predicted octanol–water partition coefficient (Wildman–Crippen LogP) is 2.82. The molecule has 0 aromatic heterocycles. The lowest BCUT2D eigenvalue weighted by molar-refractivity contribution is 0.588. The van der Waals surface area contributed by atoms with Crippen molar-refractivity contribution in [2.75, 3.05) is 5.75 Å². The second-order valence-corrected chi connectivity index (χ2v) is 7.30. The molecular weight excluding hydrogens is 278 g/mol. The summed E-state index contributed by atoms with van der Waals surface area (Å²) in [6, 6.07) is 7.16. The third kappa shape index (κ3) is 5.70. The Balaban J connectivity index is 2.70. The summed E-state index contributed by atoms with van der Waals surface area (Å²) in [7, 11) is -3.09. The maximum atomic E-state index is 12.1. The van der Waals surface area contributed by atoms with Gasteiger partial charge in [-0.15, -0.1) is 0 Å². The van der Waals surface area contributed by atoms with Gasteiger partial charge < -0.3 is 5.73 Å². The van der Waals surface area contributed by atoms with Gasteiger partial charge in [0.1, 0.15) is 4.99 Å². The molecule has 3 nitrogen and oxygen atoms in total. The van der Waals surface area contributed by atoms with Crippen molar-refractivity contribution in [2.24, 2.45) is 5.73 Å². The smallest absolute Gasteiger partial charge is 0.154 e. The number of rotatable bonds is 8. The van der Waals surface area contributed by atoms with Crippen molar-refractivity contribution in [2.45, 2.75) is 38.4 Å². The number of benzene rings is 1. The zero-order chi connectivity index (χ0) is 14.3. The number of unbranched alkanes of at least 4 members (excludes halogenated alkanes) is 3. The minimum atomic E-state index is -3.09. The molecule has 106 valence electrons. The summed E-state index contributed by atoms with van der Waals surface area (Å²) in [6.45, 7) is 2.10. The minimum Gasteiger partial charge on any atom is -0.389 e. The molecule has 0 bridgehead atoms. The summed E-state index contributed by atoms with van der Waals surface area (Å²) >= 11 is 4.94. The monoisotopic (exact) mass is 299 g/mol. The summed E-state index contributed by atoms with van der Waals surface area (Å²) in [5.41, 5.74) is 6.97. The second-order valence-electron chi connectivity index (χ2n) is 4.67. The van der Waals surface area contributed by atoms with Gasteiger partial charge in [0, 0.05) is 5.56 Å². The highest BCUT2D eigenvalue weighted by Gasteiger charge is 2.14. The van der Waals surface area contributed by atoms with Gasteiger partial charge in [-0.2, -0.15) is 0 Å². The SMILES string of the molecule is CCCCCCS(=O)(=O)Cc1ccccc1C(N)=S. The molecule has 0 saturated carbocycles. The highest BCUT2D eigenvalue weighted by molar-refractivity contribution is 7.90. The van der Waals surface area contributed by atoms with Crippen LogP contribution in [0.4, 0.5) is 0 Å². The van der Waals surface area contributed by atoms with Gasteiger partial charge >= 0.3 is 0 Å². The van der Waals surface area contributed by atoms with Crippen LogP contribution in [0.15, 0.2) is 24.3 Å². The van der Waals surface area contributed by atoms with E-state index in [9.17, 15) is 8.42 Å². The van der Waals surface area contributed by atoms with Gasteiger partial charge in [0.15, 0.2) is 9.84 Å². The molecule has 1 rings (SSSR count). The van der Waals surface area contributed by atoms with Crippen LogP contribution in [-0.4, -0.2) is 19.2 Å². The molecule has 0 spiro atoms. The lowest BCUT2D eigenvalue weighted by Gasteiger charge is -2.09. The molecule has 0 heterocycles. The Kier molecular flexibility index (Phi) is 6.45. The van der Waals surface area contributed by atoms with Crippen LogP contribution >= 0.6 is 12.2 Å². The summed E-state index contributed by atoms with van der Waals surface area (Å²) in [5, 5.41) is 0. The van der Waals surface area contributed by atoms with E-state index in [1.54, 1.807) is 12.1 Å². The Morgan fingerprint density at radius 2 is 1.89 bits per heavy atom. The molecule has 0 aliphatic heterocycles. The molecular formula is C14H21NO2S2. The molecule has 0 saturated heterocycles. The maximum absolute atomic E-state index is 12.1. The third-order valence-corrected chi connectivity index (χ3v) is 4.85. The Hall–Kier alpha value is -0.940. The van der Waals surface area contributed by atoms with Crippen molar-refractivity contribution in [1.29, 1.82) is 0 Å². The van der Waals surface area contributed by atoms with Gasteiger partial charge in [-0.05, 0) is 12.0 Å². The van der Waals surface area contributed by atoms with Crippen LogP contribution in [0.25, 0.3) is 0 Å². The molecule has 0 aliphatic rings. The third-order valence-electron chi connectivity index (χ3n) is 2.97. The lowest BCUT2D eigenvalue weighted by atomic mass is 10.1. The highest BCUT2D eigenvalue weighted by atomic mass is 32.2. The van der Waals surface area contributed by atoms with Crippen molar-refractivity contribution in [3.8, 4) is 0 Å². The second kappa shape index (κ2) is 7.60. The number of sulfone groups is 1. The number of hydrogen-bond acceptors (Lipinski definition) is 3. The normalized spacial score (nSPS) is 11.4. The van der Waals surface area contributed by atoms with E-state index < -0.39 is 9.84 Å². The van der Waals surface area contributed by atoms with Crippen molar-refractivity contribution in [3.05, 3.63) is 35.4 Å². The number of thiocarbonyl (C=S) groups is 1. The standard InChI is InChI=1S/C14H21NO2S2/c1-2-3-4-7-10-19(16,17)11-12-8-5-6-9-13(12)14(15)18/h5-6,8-9H,2-4,7,10-11H2,1H3,(H2,15,18). The van der Waals surface area contributed by atoms with E-state index in [2.05, 4.69) is 6.92 Å². The zero-order valence-corrected chi connectivity index (χ0v) is 12.9. The average Bonchev–Trinajstić information content (AvgIpc) is 2.34. The predicted molar refractivity (Wildman–Crippen MR) is 84.0 cm³/mol. The van der Waals surface area contributed by atoms with Crippen molar-refractivity contribution >= 4 is 27.0 Å². The van der Waals surface area contributed by atoms with Gasteiger partial charge in [0.25, 0.3) is 0 Å². The highest BCUT2D eigenvalue weighted by Crippen LogP contribution is 2.14. The molecule has 1 aromatic carbocycles. The first kappa shape index (κ1) is 16.1. The van der Waals surface area contributed by atoms with Gasteiger partial charge in [0.05, 0.1) is 11.5 Å². The van der Waals surface area contributed by atoms with Crippen LogP contribution in [0.5, 0.6) is 0 Å². The van der Waals surface area contributed by atoms with E-state index in [0.29, 0.717) is 11.1 Å². The lowest BCUT2D eigenvalue weighted by Crippen LogP contribution is -2.16. The van der Waals surface area contributed by atoms with Crippen LogP contribution in [-0.2, 0) is 15.6 Å². The molecule has 0 amide bonds. The molecule has 0 aliphatic carbocycles. The van der Waals surface area contributed by atoms with Gasteiger partial charge in [0.2, 0.25) is 0 Å². The molecule has 0 fully saturated rings. The van der Waals surface area contributed by atoms with Gasteiger partial charge in [-0.1, -0.05) is 62.7 Å². The first-order chi connectivity index (χ1) is 8.96. The fraction of sp³-hybridized carbons (Fsp3) is 0.500. The van der Waals surface area contributed by atoms with Crippen LogP contribution in [0.3, 0.4) is 0 Å². The van der Waals surface area contributed by atoms with E-state index in [1.807, 2.05) is 12.1 Å². The Bertz CT molecular complexity index is 524. The minimum absolute atomic E-state index is 0.0205. The molecule has 2 N–H and O–H groups in total. The first-order valence-electron chi connectivity index (χ1n) is 6.54. The molecule has 0 unspecified atom stereocenters. The van der Waals surface area contributed by atoms with Crippen LogP contribution < -0.4 is 5.73 Å². The quantitative estimate of drug-likeness (QED) is 0.592. The Morgan fingerprint density at radius 1 is 1.21 bits per heavy atom. The van der Waals surface area contributed by atoms with Crippen molar-refractivity contribution in [3.63, 3.8) is 0 Å². The topological polar surface area (TPSA) is 60.2 Å². The summed E-state index contributed by atoms with van der Waals surface area (Å²) in [5.74, 6) is 0.255. The fourth-order valence-electron chi connectivity index (χ4n) is 1.94. The van der Waals surface area contributed by atoms with Crippen LogP contribution in [0.2, 0.25) is 0 Å². The van der Waals surface area contributed by atoms with E-state index >= 15 is 0 Å². The van der Waals surface area contributed by atoms with E-state index in [-0.39, 0.29) is 16.5 Å². The van der Waals surface area contributed by atoms with Gasteiger partial charge in [-0.3, -0.25) is 0 Å². The molecule has 0 atom stereocenters. The zero-order valence-electron chi connectivity index (χ0n) is 11.3. The molecule has 1 aromatic rings. The van der Waals surface area contributed by atoms with E-state index in [1.165, 1.54) is 0 Å². The average molecular weight is 299 g/mol. The fourth-order valence-corrected chi connectivity index (χ4v) is 3.66. The largest absolute Gasteiger partial charge is 0.389 e. The van der Waals surface area contributed by atoms with Crippen molar-refractivity contribution < 1.29 is 8.42 Å². The van der Waals surface area contributed by atoms with E-state index in [0.717, 1.165) is 25.7 Å². The van der Waals surface area contributed by atoms with Crippen LogP contribution in [0, 0.1) is 0 Å². The first-order valence-corrected chi connectivity index (χ1v) is 8.77. The molecule has 0 radical (unpaired) electrons. The Morgan fingerprint density at radius 3 is 2.53 bits per heavy atom. The van der Waals surface area contributed by atoms with E-state index in [4.69, 9.17) is 18.0 Å². The number of nitrogens with two attached hydrogens (primary N) is 1. The summed E-state index contributed by atoms with van der Waals surface area (Å²) in [4.78, 5) is 0.247. The Labute approximate surface area is 121 Å². The number of hydrogen-bond donors (Lipinski definition) is 1. The van der Waals surface area contributed by atoms with Crippen LogP contribution in [0.1, 0.15) is 43.7 Å². The molecule has 5 heteroatoms. The molecule has 19 heavy (non-hydrogen) atoms. The summed E-state index contributed by atoms with van der Waals surface area (Å²) in [6.07, 6.45) is 3.88. The summed E-state index contributed by atoms with van der Waals surface area (Å²) < 4.78 is 24.1. The van der Waals surface area contributed by atoms with Crippen molar-refractivity contribution in [1.82, 2.24) is 0 Å².